The minimum Gasteiger partial charge on any atom is -0.475 e. The molecule has 0 saturated heterocycles. The quantitative estimate of drug-likeness (QED) is 0.236. The van der Waals surface area contributed by atoms with E-state index < -0.39 is 0 Å². The number of hydrogen-bond acceptors (Lipinski definition) is 4. The topological polar surface area (TPSA) is 47.9 Å². The molecule has 1 aliphatic carbocycles. The average Bonchev–Trinajstić information content (AvgIpc) is 3.33. The fraction of sp³-hybridized carbons (Fsp3) is 0.611. The number of aliphatic imine (C=N–C) groups is 1. The van der Waals surface area contributed by atoms with Crippen molar-refractivity contribution in [3.05, 3.63) is 71.0 Å². The van der Waals surface area contributed by atoms with Gasteiger partial charge >= 0.3 is 0 Å². The molecule has 1 aliphatic heterocycles. The van der Waals surface area contributed by atoms with E-state index in [2.05, 4.69) is 56.7 Å². The van der Waals surface area contributed by atoms with Crippen molar-refractivity contribution in [3.8, 4) is 0 Å². The van der Waals surface area contributed by atoms with Crippen molar-refractivity contribution in [2.75, 3.05) is 13.7 Å². The van der Waals surface area contributed by atoms with E-state index in [9.17, 15) is 4.39 Å². The van der Waals surface area contributed by atoms with E-state index in [1.807, 2.05) is 26.0 Å². The van der Waals surface area contributed by atoms with E-state index in [0.717, 1.165) is 43.2 Å². The van der Waals surface area contributed by atoms with Gasteiger partial charge in [-0.05, 0) is 80.0 Å². The largest absolute Gasteiger partial charge is 0.475 e. The molecule has 4 rings (SSSR count). The highest BCUT2D eigenvalue weighted by Crippen LogP contribution is 2.36. The Morgan fingerprint density at radius 2 is 1.66 bits per heavy atom. The SMILES string of the molecule is CC.CC1CN=C(CC[C@@H](C)c2ccccc2F)OC(C)(C)[C@H]1Cc1ccc(C2CCCCCC2)cc1.COC=O. The third-order valence-electron chi connectivity index (χ3n) is 8.60. The molecule has 2 aromatic carbocycles. The molecule has 3 atom stereocenters. The van der Waals surface area contributed by atoms with E-state index in [1.54, 1.807) is 12.1 Å². The van der Waals surface area contributed by atoms with Gasteiger partial charge in [-0.3, -0.25) is 9.79 Å². The van der Waals surface area contributed by atoms with Crippen LogP contribution >= 0.6 is 0 Å². The van der Waals surface area contributed by atoms with Gasteiger partial charge in [0.15, 0.2) is 5.90 Å². The molecule has 0 N–H and O–H groups in total. The first-order chi connectivity index (χ1) is 19.7. The molecule has 0 bridgehead atoms. The van der Waals surface area contributed by atoms with Gasteiger partial charge in [-0.25, -0.2) is 4.39 Å². The molecule has 228 valence electrons. The van der Waals surface area contributed by atoms with Crippen LogP contribution in [0.1, 0.15) is 121 Å². The highest BCUT2D eigenvalue weighted by Gasteiger charge is 2.38. The first kappa shape index (κ1) is 34.5. The van der Waals surface area contributed by atoms with Crippen molar-refractivity contribution in [2.24, 2.45) is 16.8 Å². The summed E-state index contributed by atoms with van der Waals surface area (Å²) >= 11 is 0. The number of hydrogen-bond donors (Lipinski definition) is 0. The smallest absolute Gasteiger partial charge is 0.292 e. The Balaban J connectivity index is 0.000000902. The maximum atomic E-state index is 14.2. The Bertz CT molecular complexity index is 1040. The molecule has 0 radical (unpaired) electrons. The normalized spacial score (nSPS) is 21.2. The minimum atomic E-state index is -0.296. The number of benzene rings is 2. The summed E-state index contributed by atoms with van der Waals surface area (Å²) < 4.78 is 24.6. The molecule has 1 heterocycles. The summed E-state index contributed by atoms with van der Waals surface area (Å²) in [7, 11) is 1.31. The summed E-state index contributed by atoms with van der Waals surface area (Å²) in [6.07, 6.45) is 10.8. The fourth-order valence-corrected chi connectivity index (χ4v) is 6.21. The van der Waals surface area contributed by atoms with Gasteiger partial charge in [0.25, 0.3) is 6.47 Å². The molecule has 1 fully saturated rings. The van der Waals surface area contributed by atoms with Crippen LogP contribution in [-0.2, 0) is 20.7 Å². The maximum Gasteiger partial charge on any atom is 0.292 e. The molecule has 4 nitrogen and oxygen atoms in total. The van der Waals surface area contributed by atoms with Crippen molar-refractivity contribution in [2.45, 2.75) is 117 Å². The van der Waals surface area contributed by atoms with Gasteiger partial charge in [0.05, 0.1) is 7.11 Å². The average molecular weight is 568 g/mol. The van der Waals surface area contributed by atoms with E-state index in [1.165, 1.54) is 56.8 Å². The first-order valence-electron chi connectivity index (χ1n) is 15.8. The number of rotatable bonds is 8. The lowest BCUT2D eigenvalue weighted by Crippen LogP contribution is -2.40. The van der Waals surface area contributed by atoms with Crippen LogP contribution in [0.15, 0.2) is 53.5 Å². The maximum absolute atomic E-state index is 14.2. The van der Waals surface area contributed by atoms with Gasteiger partial charge in [0.2, 0.25) is 0 Å². The molecule has 1 saturated carbocycles. The summed E-state index contributed by atoms with van der Waals surface area (Å²) in [4.78, 5) is 13.8. The highest BCUT2D eigenvalue weighted by molar-refractivity contribution is 5.77. The third-order valence-corrected chi connectivity index (χ3v) is 8.60. The predicted octanol–water partition coefficient (Wildman–Crippen LogP) is 9.66. The van der Waals surface area contributed by atoms with Crippen LogP contribution in [-0.4, -0.2) is 31.6 Å². The van der Waals surface area contributed by atoms with Gasteiger partial charge in [0, 0.05) is 18.9 Å². The minimum absolute atomic E-state index is 0.122. The Kier molecular flexibility index (Phi) is 15.1. The number of ether oxygens (including phenoxy) is 2. The van der Waals surface area contributed by atoms with E-state index in [4.69, 9.17) is 14.5 Å². The molecule has 1 unspecified atom stereocenters. The summed E-state index contributed by atoms with van der Waals surface area (Å²) in [5.41, 5.74) is 3.40. The van der Waals surface area contributed by atoms with Crippen LogP contribution in [0, 0.1) is 17.7 Å². The molecular weight excluding hydrogens is 513 g/mol. The molecule has 2 aliphatic rings. The fourth-order valence-electron chi connectivity index (χ4n) is 6.21. The van der Waals surface area contributed by atoms with Gasteiger partial charge in [-0.2, -0.15) is 0 Å². The molecular formula is C36H54FNO3. The van der Waals surface area contributed by atoms with Crippen molar-refractivity contribution >= 4 is 12.4 Å². The first-order valence-corrected chi connectivity index (χ1v) is 15.8. The highest BCUT2D eigenvalue weighted by atomic mass is 19.1. The summed E-state index contributed by atoms with van der Waals surface area (Å²) in [6.45, 7) is 14.0. The van der Waals surface area contributed by atoms with Crippen LogP contribution < -0.4 is 0 Å². The predicted molar refractivity (Wildman–Crippen MR) is 169 cm³/mol. The van der Waals surface area contributed by atoms with Crippen LogP contribution in [0.2, 0.25) is 0 Å². The van der Waals surface area contributed by atoms with Crippen LogP contribution in [0.25, 0.3) is 0 Å². The Morgan fingerprint density at radius 1 is 1.05 bits per heavy atom. The van der Waals surface area contributed by atoms with Crippen LogP contribution in [0.4, 0.5) is 4.39 Å². The standard InChI is InChI=1S/C32H44FNO.C2H4O2.C2H6/c1-23(28-13-9-10-14-30(28)33)15-20-31-34-22-24(2)29(32(3,4)35-31)21-25-16-18-27(19-17-25)26-11-7-5-6-8-12-26;1-4-2-3;1-2/h9-10,13-14,16-19,23-24,26,29H,5-8,11-12,15,20-22H2,1-4H3;2H,1H3;1-2H3/t23-,24?,29+;;/m1../s1. The van der Waals surface area contributed by atoms with Crippen molar-refractivity contribution in [3.63, 3.8) is 0 Å². The molecule has 2 aromatic rings. The molecule has 0 aromatic heterocycles. The molecule has 41 heavy (non-hydrogen) atoms. The molecule has 5 heteroatoms. The van der Waals surface area contributed by atoms with Gasteiger partial charge in [-0.15, -0.1) is 0 Å². The second kappa shape index (κ2) is 18.0. The summed E-state index contributed by atoms with van der Waals surface area (Å²) in [5.74, 6) is 2.41. The number of halogens is 1. The zero-order valence-corrected chi connectivity index (χ0v) is 26.6. The van der Waals surface area contributed by atoms with Crippen molar-refractivity contribution in [1.82, 2.24) is 0 Å². The monoisotopic (exact) mass is 567 g/mol. The third kappa shape index (κ3) is 10.9. The Morgan fingerprint density at radius 3 is 2.24 bits per heavy atom. The number of carbonyl (C=O) groups is 1. The van der Waals surface area contributed by atoms with E-state index >= 15 is 0 Å². The lowest BCUT2D eigenvalue weighted by Gasteiger charge is -2.36. The number of methoxy groups -OCH3 is 1. The second-order valence-electron chi connectivity index (χ2n) is 12.0. The van der Waals surface area contributed by atoms with Crippen molar-refractivity contribution < 1.29 is 18.7 Å². The van der Waals surface area contributed by atoms with Gasteiger partial charge < -0.3 is 9.47 Å². The lowest BCUT2D eigenvalue weighted by atomic mass is 9.77. The molecule has 0 spiro atoms. The second-order valence-corrected chi connectivity index (χ2v) is 12.0. The Hall–Kier alpha value is -2.69. The Labute approximate surface area is 249 Å². The number of carbonyl (C=O) groups excluding carboxylic acids is 1. The van der Waals surface area contributed by atoms with Crippen molar-refractivity contribution in [1.29, 1.82) is 0 Å². The molecule has 0 amide bonds. The number of nitrogens with zero attached hydrogens (tertiary/aromatic N) is 1. The van der Waals surface area contributed by atoms with Crippen LogP contribution in [0.3, 0.4) is 0 Å². The summed E-state index contributed by atoms with van der Waals surface area (Å²) in [5, 5.41) is 0. The van der Waals surface area contributed by atoms with Gasteiger partial charge in [-0.1, -0.05) is 95.8 Å². The zero-order valence-electron chi connectivity index (χ0n) is 26.6. The van der Waals surface area contributed by atoms with Gasteiger partial charge in [0.1, 0.15) is 11.4 Å². The van der Waals surface area contributed by atoms with Crippen LogP contribution in [0.5, 0.6) is 0 Å². The van der Waals surface area contributed by atoms with E-state index in [0.29, 0.717) is 18.3 Å². The zero-order chi connectivity index (χ0) is 30.3. The lowest BCUT2D eigenvalue weighted by molar-refractivity contribution is -0.126. The van der Waals surface area contributed by atoms with E-state index in [-0.39, 0.29) is 17.3 Å². The summed E-state index contributed by atoms with van der Waals surface area (Å²) in [6, 6.07) is 16.6.